The lowest BCUT2D eigenvalue weighted by Crippen LogP contribution is -2.23. The summed E-state index contributed by atoms with van der Waals surface area (Å²) in [5, 5.41) is 11.3. The van der Waals surface area contributed by atoms with Gasteiger partial charge in [-0.15, -0.1) is 0 Å². The molecule has 0 saturated heterocycles. The van der Waals surface area contributed by atoms with Crippen molar-refractivity contribution in [1.82, 2.24) is 5.32 Å². The molecule has 1 rings (SSSR count). The fourth-order valence-electron chi connectivity index (χ4n) is 1.42. The zero-order valence-electron chi connectivity index (χ0n) is 10.9. The minimum absolute atomic E-state index is 0.136. The minimum Gasteiger partial charge on any atom is -0.322 e. The second kappa shape index (κ2) is 7.12. The molecule has 0 radical (unpaired) electrons. The standard InChI is InChI=1S/C15H15FN2O/c1-3-5-6-12(4-2)18-15(19)13-9-11(10-17)7-8-14(13)16/h4-9H,3H2,1-2H3,(H,18,19)/b6-5-,12-4+. The molecule has 1 amide bonds. The fraction of sp³-hybridized carbons (Fsp3) is 0.200. The molecular weight excluding hydrogens is 243 g/mol. The monoisotopic (exact) mass is 258 g/mol. The van der Waals surface area contributed by atoms with Crippen LogP contribution in [0.25, 0.3) is 0 Å². The topological polar surface area (TPSA) is 52.9 Å². The average Bonchev–Trinajstić information content (AvgIpc) is 2.43. The van der Waals surface area contributed by atoms with Gasteiger partial charge in [0, 0.05) is 5.70 Å². The Bertz CT molecular complexity index is 568. The molecule has 0 aliphatic heterocycles. The second-order valence-corrected chi connectivity index (χ2v) is 3.82. The van der Waals surface area contributed by atoms with Gasteiger partial charge in [-0.05, 0) is 37.6 Å². The lowest BCUT2D eigenvalue weighted by molar-refractivity contribution is 0.0963. The van der Waals surface area contributed by atoms with Crippen molar-refractivity contribution < 1.29 is 9.18 Å². The summed E-state index contributed by atoms with van der Waals surface area (Å²) in [5.74, 6) is -1.21. The molecule has 0 unspecified atom stereocenters. The third-order valence-electron chi connectivity index (χ3n) is 2.44. The van der Waals surface area contributed by atoms with Crippen molar-refractivity contribution in [1.29, 1.82) is 5.26 Å². The number of hydrogen-bond donors (Lipinski definition) is 1. The quantitative estimate of drug-likeness (QED) is 0.842. The highest BCUT2D eigenvalue weighted by Gasteiger charge is 2.12. The van der Waals surface area contributed by atoms with E-state index in [4.69, 9.17) is 5.26 Å². The number of carbonyl (C=O) groups is 1. The van der Waals surface area contributed by atoms with Gasteiger partial charge in [0.15, 0.2) is 0 Å². The van der Waals surface area contributed by atoms with E-state index in [0.717, 1.165) is 12.5 Å². The lowest BCUT2D eigenvalue weighted by Gasteiger charge is -2.07. The predicted octanol–water partition coefficient (Wildman–Crippen LogP) is 3.30. The number of benzene rings is 1. The number of halogens is 1. The summed E-state index contributed by atoms with van der Waals surface area (Å²) in [7, 11) is 0. The second-order valence-electron chi connectivity index (χ2n) is 3.82. The van der Waals surface area contributed by atoms with Crippen LogP contribution >= 0.6 is 0 Å². The summed E-state index contributed by atoms with van der Waals surface area (Å²) < 4.78 is 13.6. The first kappa shape index (κ1) is 14.7. The van der Waals surface area contributed by atoms with Gasteiger partial charge < -0.3 is 5.32 Å². The summed E-state index contributed by atoms with van der Waals surface area (Å²) in [5.41, 5.74) is 0.703. The van der Waals surface area contributed by atoms with Crippen molar-refractivity contribution in [3.63, 3.8) is 0 Å². The first-order chi connectivity index (χ1) is 9.12. The zero-order valence-corrected chi connectivity index (χ0v) is 10.9. The largest absolute Gasteiger partial charge is 0.322 e. The molecular formula is C15H15FN2O. The number of carbonyl (C=O) groups excluding carboxylic acids is 1. The van der Waals surface area contributed by atoms with Crippen molar-refractivity contribution in [2.75, 3.05) is 0 Å². The molecule has 0 heterocycles. The van der Waals surface area contributed by atoms with Gasteiger partial charge in [-0.25, -0.2) is 4.39 Å². The molecule has 0 aromatic heterocycles. The number of allylic oxidation sites excluding steroid dienone is 3. The van der Waals surface area contributed by atoms with Gasteiger partial charge in [-0.2, -0.15) is 5.26 Å². The van der Waals surface area contributed by atoms with Crippen LogP contribution in [0.2, 0.25) is 0 Å². The van der Waals surface area contributed by atoms with Crippen LogP contribution in [0.4, 0.5) is 4.39 Å². The molecule has 98 valence electrons. The summed E-state index contributed by atoms with van der Waals surface area (Å²) >= 11 is 0. The van der Waals surface area contributed by atoms with Crippen LogP contribution in [0, 0.1) is 17.1 Å². The van der Waals surface area contributed by atoms with E-state index in [1.165, 1.54) is 12.1 Å². The molecule has 19 heavy (non-hydrogen) atoms. The third-order valence-corrected chi connectivity index (χ3v) is 2.44. The van der Waals surface area contributed by atoms with E-state index >= 15 is 0 Å². The molecule has 0 spiro atoms. The van der Waals surface area contributed by atoms with E-state index in [-0.39, 0.29) is 11.1 Å². The van der Waals surface area contributed by atoms with Crippen molar-refractivity contribution in [3.8, 4) is 6.07 Å². The van der Waals surface area contributed by atoms with Crippen LogP contribution in [-0.4, -0.2) is 5.91 Å². The van der Waals surface area contributed by atoms with Crippen molar-refractivity contribution in [2.24, 2.45) is 0 Å². The summed E-state index contributed by atoms with van der Waals surface area (Å²) in [6.07, 6.45) is 6.20. The Morgan fingerprint density at radius 2 is 2.26 bits per heavy atom. The van der Waals surface area contributed by atoms with Gasteiger partial charge in [-0.3, -0.25) is 4.79 Å². The van der Waals surface area contributed by atoms with E-state index in [1.807, 2.05) is 19.1 Å². The van der Waals surface area contributed by atoms with E-state index in [0.29, 0.717) is 5.70 Å². The van der Waals surface area contributed by atoms with Gasteiger partial charge in [0.25, 0.3) is 5.91 Å². The van der Waals surface area contributed by atoms with Crippen molar-refractivity contribution >= 4 is 5.91 Å². The molecule has 0 aliphatic rings. The average molecular weight is 258 g/mol. The Morgan fingerprint density at radius 3 is 2.84 bits per heavy atom. The highest BCUT2D eigenvalue weighted by atomic mass is 19.1. The van der Waals surface area contributed by atoms with Gasteiger partial charge in [0.05, 0.1) is 17.2 Å². The number of hydrogen-bond acceptors (Lipinski definition) is 2. The first-order valence-corrected chi connectivity index (χ1v) is 5.96. The van der Waals surface area contributed by atoms with Crippen LogP contribution < -0.4 is 5.32 Å². The minimum atomic E-state index is -0.647. The van der Waals surface area contributed by atoms with Gasteiger partial charge in [-0.1, -0.05) is 19.1 Å². The van der Waals surface area contributed by atoms with E-state index in [9.17, 15) is 9.18 Å². The molecule has 1 aromatic rings. The number of amides is 1. The summed E-state index contributed by atoms with van der Waals surface area (Å²) in [6.45, 7) is 3.75. The van der Waals surface area contributed by atoms with Gasteiger partial charge >= 0.3 is 0 Å². The molecule has 3 nitrogen and oxygen atoms in total. The summed E-state index contributed by atoms with van der Waals surface area (Å²) in [4.78, 5) is 11.9. The molecule has 0 fully saturated rings. The number of rotatable bonds is 4. The van der Waals surface area contributed by atoms with Crippen LogP contribution in [0.3, 0.4) is 0 Å². The maximum Gasteiger partial charge on any atom is 0.258 e. The maximum atomic E-state index is 13.6. The number of nitrogens with zero attached hydrogens (tertiary/aromatic N) is 1. The molecule has 0 atom stereocenters. The molecule has 1 N–H and O–H groups in total. The lowest BCUT2D eigenvalue weighted by atomic mass is 10.1. The Labute approximate surface area is 112 Å². The summed E-state index contributed by atoms with van der Waals surface area (Å²) in [6, 6.07) is 5.56. The molecule has 1 aromatic carbocycles. The molecule has 4 heteroatoms. The van der Waals surface area contributed by atoms with Crippen LogP contribution in [0.15, 0.2) is 42.1 Å². The molecule has 0 bridgehead atoms. The van der Waals surface area contributed by atoms with Crippen LogP contribution in [0.5, 0.6) is 0 Å². The third kappa shape index (κ3) is 4.07. The zero-order chi connectivity index (χ0) is 14.3. The maximum absolute atomic E-state index is 13.6. The normalized spacial score (nSPS) is 11.4. The SMILES string of the molecule is C/C=C(\C=C/CC)NC(=O)c1cc(C#N)ccc1F. The Balaban J connectivity index is 2.95. The number of nitrogens with one attached hydrogen (secondary N) is 1. The molecule has 0 saturated carbocycles. The van der Waals surface area contributed by atoms with Gasteiger partial charge in [0.1, 0.15) is 5.82 Å². The van der Waals surface area contributed by atoms with Crippen molar-refractivity contribution in [3.05, 3.63) is 59.1 Å². The van der Waals surface area contributed by atoms with E-state index in [1.54, 1.807) is 19.1 Å². The van der Waals surface area contributed by atoms with E-state index < -0.39 is 11.7 Å². The first-order valence-electron chi connectivity index (χ1n) is 5.96. The fourth-order valence-corrected chi connectivity index (χ4v) is 1.42. The highest BCUT2D eigenvalue weighted by molar-refractivity contribution is 5.96. The number of nitriles is 1. The highest BCUT2D eigenvalue weighted by Crippen LogP contribution is 2.11. The Hall–Kier alpha value is -2.41. The van der Waals surface area contributed by atoms with Crippen LogP contribution in [-0.2, 0) is 0 Å². The van der Waals surface area contributed by atoms with E-state index in [2.05, 4.69) is 5.32 Å². The smallest absolute Gasteiger partial charge is 0.258 e. The Kier molecular flexibility index (Phi) is 5.49. The van der Waals surface area contributed by atoms with Crippen LogP contribution in [0.1, 0.15) is 36.2 Å². The Morgan fingerprint density at radius 1 is 1.53 bits per heavy atom. The predicted molar refractivity (Wildman–Crippen MR) is 71.8 cm³/mol. The van der Waals surface area contributed by atoms with Gasteiger partial charge in [0.2, 0.25) is 0 Å². The molecule has 0 aliphatic carbocycles. The van der Waals surface area contributed by atoms with Crippen molar-refractivity contribution in [2.45, 2.75) is 20.3 Å².